The molecule has 0 saturated carbocycles. The second kappa shape index (κ2) is 10.7. The maximum atomic E-state index is 12.8. The summed E-state index contributed by atoms with van der Waals surface area (Å²) >= 11 is 1.57. The summed E-state index contributed by atoms with van der Waals surface area (Å²) in [5.74, 6) is 0.991. The first kappa shape index (κ1) is 20.0. The third kappa shape index (κ3) is 6.23. The van der Waals surface area contributed by atoms with Crippen LogP contribution < -0.4 is 5.32 Å². The lowest BCUT2D eigenvalue weighted by atomic mass is 10.1. The maximum absolute atomic E-state index is 12.8. The molecule has 1 N–H and O–H groups in total. The van der Waals surface area contributed by atoms with E-state index in [9.17, 15) is 9.59 Å². The molecule has 0 radical (unpaired) electrons. The standard InChI is InChI=1S/C21H26N2O2S/c1-3-22-21(25)17(2)23(14-18-10-6-4-7-11-18)20(24)16-26-15-19-12-8-5-9-13-19/h4-13,17H,3,14-16H2,1-2H3,(H,22,25). The van der Waals surface area contributed by atoms with Gasteiger partial charge in [0.2, 0.25) is 11.8 Å². The number of carbonyl (C=O) groups is 2. The fourth-order valence-corrected chi connectivity index (χ4v) is 3.47. The zero-order valence-corrected chi connectivity index (χ0v) is 16.2. The first-order chi connectivity index (χ1) is 12.6. The number of nitrogens with one attached hydrogen (secondary N) is 1. The maximum Gasteiger partial charge on any atom is 0.242 e. The third-order valence-corrected chi connectivity index (χ3v) is 5.04. The lowest BCUT2D eigenvalue weighted by Crippen LogP contribution is -2.48. The van der Waals surface area contributed by atoms with E-state index in [0.29, 0.717) is 18.8 Å². The predicted molar refractivity (Wildman–Crippen MR) is 108 cm³/mol. The van der Waals surface area contributed by atoms with E-state index in [0.717, 1.165) is 11.3 Å². The smallest absolute Gasteiger partial charge is 0.242 e. The van der Waals surface area contributed by atoms with Gasteiger partial charge in [-0.1, -0.05) is 60.7 Å². The van der Waals surface area contributed by atoms with Gasteiger partial charge in [0.1, 0.15) is 6.04 Å². The van der Waals surface area contributed by atoms with Crippen molar-refractivity contribution in [3.05, 3.63) is 71.8 Å². The molecule has 0 spiro atoms. The van der Waals surface area contributed by atoms with Crippen LogP contribution in [0.5, 0.6) is 0 Å². The van der Waals surface area contributed by atoms with Gasteiger partial charge in [0, 0.05) is 18.8 Å². The molecule has 0 bridgehead atoms. The predicted octanol–water partition coefficient (Wildman–Crippen LogP) is 3.47. The Labute approximate surface area is 160 Å². The van der Waals surface area contributed by atoms with Crippen molar-refractivity contribution in [2.24, 2.45) is 0 Å². The zero-order chi connectivity index (χ0) is 18.8. The highest BCUT2D eigenvalue weighted by atomic mass is 32.2. The van der Waals surface area contributed by atoms with Crippen LogP contribution in [0.4, 0.5) is 0 Å². The normalized spacial score (nSPS) is 11.6. The van der Waals surface area contributed by atoms with Gasteiger partial charge in [0.25, 0.3) is 0 Å². The summed E-state index contributed by atoms with van der Waals surface area (Å²) in [7, 11) is 0. The van der Waals surface area contributed by atoms with E-state index in [1.165, 1.54) is 5.56 Å². The molecule has 0 fully saturated rings. The van der Waals surface area contributed by atoms with Crippen molar-refractivity contribution in [2.75, 3.05) is 12.3 Å². The monoisotopic (exact) mass is 370 g/mol. The summed E-state index contributed by atoms with van der Waals surface area (Å²) in [6, 6.07) is 19.4. The van der Waals surface area contributed by atoms with E-state index >= 15 is 0 Å². The fourth-order valence-electron chi connectivity index (χ4n) is 2.60. The van der Waals surface area contributed by atoms with E-state index in [2.05, 4.69) is 17.4 Å². The Morgan fingerprint density at radius 1 is 1.00 bits per heavy atom. The molecule has 0 aliphatic carbocycles. The number of rotatable bonds is 9. The molecule has 26 heavy (non-hydrogen) atoms. The molecular weight excluding hydrogens is 344 g/mol. The molecule has 0 saturated heterocycles. The highest BCUT2D eigenvalue weighted by Gasteiger charge is 2.25. The van der Waals surface area contributed by atoms with Crippen LogP contribution in [0.2, 0.25) is 0 Å². The average Bonchev–Trinajstić information content (AvgIpc) is 2.67. The zero-order valence-electron chi connectivity index (χ0n) is 15.4. The second-order valence-corrected chi connectivity index (χ2v) is 7.04. The van der Waals surface area contributed by atoms with Gasteiger partial charge in [0.15, 0.2) is 0 Å². The molecule has 138 valence electrons. The van der Waals surface area contributed by atoms with E-state index in [1.54, 1.807) is 23.6 Å². The summed E-state index contributed by atoms with van der Waals surface area (Å²) < 4.78 is 0. The largest absolute Gasteiger partial charge is 0.355 e. The molecule has 0 aliphatic heterocycles. The Bertz CT molecular complexity index is 692. The quantitative estimate of drug-likeness (QED) is 0.735. The van der Waals surface area contributed by atoms with Crippen LogP contribution in [-0.2, 0) is 21.9 Å². The van der Waals surface area contributed by atoms with Gasteiger partial charge in [0.05, 0.1) is 5.75 Å². The second-order valence-electron chi connectivity index (χ2n) is 6.06. The van der Waals surface area contributed by atoms with Crippen LogP contribution in [0.1, 0.15) is 25.0 Å². The van der Waals surface area contributed by atoms with Crippen LogP contribution in [0.15, 0.2) is 60.7 Å². The summed E-state index contributed by atoms with van der Waals surface area (Å²) in [4.78, 5) is 26.7. The van der Waals surface area contributed by atoms with Crippen molar-refractivity contribution >= 4 is 23.6 Å². The highest BCUT2D eigenvalue weighted by molar-refractivity contribution is 7.99. The van der Waals surface area contributed by atoms with Gasteiger partial charge in [-0.05, 0) is 25.0 Å². The molecule has 2 rings (SSSR count). The van der Waals surface area contributed by atoms with Crippen molar-refractivity contribution in [1.29, 1.82) is 0 Å². The summed E-state index contributed by atoms with van der Waals surface area (Å²) in [6.45, 7) is 4.65. The minimum absolute atomic E-state index is 0.0199. The van der Waals surface area contributed by atoms with Crippen molar-refractivity contribution in [3.63, 3.8) is 0 Å². The lowest BCUT2D eigenvalue weighted by molar-refractivity contribution is -0.138. The molecule has 1 unspecified atom stereocenters. The highest BCUT2D eigenvalue weighted by Crippen LogP contribution is 2.15. The van der Waals surface area contributed by atoms with E-state index in [1.807, 2.05) is 55.5 Å². The number of thioether (sulfide) groups is 1. The Morgan fingerprint density at radius 3 is 2.15 bits per heavy atom. The molecule has 5 heteroatoms. The molecule has 0 heterocycles. The van der Waals surface area contributed by atoms with Crippen LogP contribution >= 0.6 is 11.8 Å². The fraction of sp³-hybridized carbons (Fsp3) is 0.333. The number of hydrogen-bond donors (Lipinski definition) is 1. The minimum atomic E-state index is -0.500. The van der Waals surface area contributed by atoms with Gasteiger partial charge in [-0.25, -0.2) is 0 Å². The van der Waals surface area contributed by atoms with Crippen molar-refractivity contribution in [2.45, 2.75) is 32.2 Å². The number of likely N-dealkylation sites (N-methyl/N-ethyl adjacent to an activating group) is 1. The Balaban J connectivity index is 2.01. The third-order valence-electron chi connectivity index (χ3n) is 4.05. The van der Waals surface area contributed by atoms with Crippen LogP contribution in [0.25, 0.3) is 0 Å². The molecule has 2 aromatic rings. The van der Waals surface area contributed by atoms with Gasteiger partial charge in [-0.15, -0.1) is 11.8 Å². The minimum Gasteiger partial charge on any atom is -0.355 e. The Hall–Kier alpha value is -2.27. The molecule has 4 nitrogen and oxygen atoms in total. The molecular formula is C21H26N2O2S. The summed E-state index contributed by atoms with van der Waals surface area (Å²) in [6.07, 6.45) is 0. The van der Waals surface area contributed by atoms with Crippen molar-refractivity contribution in [1.82, 2.24) is 10.2 Å². The number of carbonyl (C=O) groups excluding carboxylic acids is 2. The number of benzene rings is 2. The molecule has 0 aromatic heterocycles. The lowest BCUT2D eigenvalue weighted by Gasteiger charge is -2.28. The number of nitrogens with zero attached hydrogens (tertiary/aromatic N) is 1. The van der Waals surface area contributed by atoms with Gasteiger partial charge in [-0.2, -0.15) is 0 Å². The first-order valence-corrected chi connectivity index (χ1v) is 10.00. The van der Waals surface area contributed by atoms with Gasteiger partial charge < -0.3 is 10.2 Å². The number of amides is 2. The van der Waals surface area contributed by atoms with Crippen LogP contribution in [0.3, 0.4) is 0 Å². The molecule has 2 amide bonds. The Kier molecular flexibility index (Phi) is 8.22. The summed E-state index contributed by atoms with van der Waals surface area (Å²) in [5.41, 5.74) is 2.21. The molecule has 1 atom stereocenters. The average molecular weight is 371 g/mol. The van der Waals surface area contributed by atoms with E-state index < -0.39 is 6.04 Å². The topological polar surface area (TPSA) is 49.4 Å². The number of hydrogen-bond acceptors (Lipinski definition) is 3. The molecule has 2 aromatic carbocycles. The summed E-state index contributed by atoms with van der Waals surface area (Å²) in [5, 5.41) is 2.81. The van der Waals surface area contributed by atoms with Gasteiger partial charge >= 0.3 is 0 Å². The van der Waals surface area contributed by atoms with Crippen LogP contribution in [0, 0.1) is 0 Å². The van der Waals surface area contributed by atoms with E-state index in [4.69, 9.17) is 0 Å². The van der Waals surface area contributed by atoms with Gasteiger partial charge in [-0.3, -0.25) is 9.59 Å². The SMILES string of the molecule is CCNC(=O)C(C)N(Cc1ccccc1)C(=O)CSCc1ccccc1. The molecule has 0 aliphatic rings. The van der Waals surface area contributed by atoms with Crippen molar-refractivity contribution in [3.8, 4) is 0 Å². The first-order valence-electron chi connectivity index (χ1n) is 8.84. The van der Waals surface area contributed by atoms with Crippen LogP contribution in [-0.4, -0.2) is 35.1 Å². The van der Waals surface area contributed by atoms with E-state index in [-0.39, 0.29) is 11.8 Å². The van der Waals surface area contributed by atoms with Crippen molar-refractivity contribution < 1.29 is 9.59 Å². The Morgan fingerprint density at radius 2 is 1.58 bits per heavy atom.